The number of halogens is 2. The first-order chi connectivity index (χ1) is 11.5. The smallest absolute Gasteiger partial charge is 0.322 e. The molecular formula is C18H20BrClN2O2. The van der Waals surface area contributed by atoms with E-state index < -0.39 is 0 Å². The lowest BCUT2D eigenvalue weighted by Crippen LogP contribution is -2.42. The van der Waals surface area contributed by atoms with E-state index in [1.54, 1.807) is 12.0 Å². The van der Waals surface area contributed by atoms with E-state index in [-0.39, 0.29) is 12.1 Å². The fourth-order valence-corrected chi connectivity index (χ4v) is 2.74. The zero-order chi connectivity index (χ0) is 17.5. The van der Waals surface area contributed by atoms with Crippen LogP contribution in [0.5, 0.6) is 5.75 Å². The summed E-state index contributed by atoms with van der Waals surface area (Å²) in [5.74, 6) is 1.12. The minimum Gasteiger partial charge on any atom is -0.497 e. The SMILES string of the molecule is COc1cccc([C@@H](C)NC(=O)N(CCCl)c2ccc(Br)cc2)c1. The van der Waals surface area contributed by atoms with Crippen LogP contribution in [0.2, 0.25) is 0 Å². The molecule has 24 heavy (non-hydrogen) atoms. The van der Waals surface area contributed by atoms with Crippen LogP contribution in [0, 0.1) is 0 Å². The zero-order valence-electron chi connectivity index (χ0n) is 13.6. The Balaban J connectivity index is 2.13. The second-order valence-electron chi connectivity index (χ2n) is 5.26. The summed E-state index contributed by atoms with van der Waals surface area (Å²) in [6.45, 7) is 2.37. The number of carbonyl (C=O) groups excluding carboxylic acids is 1. The van der Waals surface area contributed by atoms with Crippen LogP contribution in [0.15, 0.2) is 53.0 Å². The van der Waals surface area contributed by atoms with Crippen LogP contribution in [-0.2, 0) is 0 Å². The summed E-state index contributed by atoms with van der Waals surface area (Å²) in [6.07, 6.45) is 0. The molecule has 0 saturated heterocycles. The van der Waals surface area contributed by atoms with Crippen LogP contribution >= 0.6 is 27.5 Å². The Morgan fingerprint density at radius 2 is 2.00 bits per heavy atom. The summed E-state index contributed by atoms with van der Waals surface area (Å²) in [5.41, 5.74) is 1.78. The van der Waals surface area contributed by atoms with Crippen molar-refractivity contribution in [2.75, 3.05) is 24.4 Å². The molecule has 0 fully saturated rings. The van der Waals surface area contributed by atoms with E-state index in [0.717, 1.165) is 21.5 Å². The Bertz CT molecular complexity index is 679. The van der Waals surface area contributed by atoms with Gasteiger partial charge in [-0.2, -0.15) is 0 Å². The number of nitrogens with zero attached hydrogens (tertiary/aromatic N) is 1. The third-order valence-electron chi connectivity index (χ3n) is 3.63. The first kappa shape index (κ1) is 18.6. The lowest BCUT2D eigenvalue weighted by Gasteiger charge is -2.25. The molecule has 2 aromatic rings. The monoisotopic (exact) mass is 410 g/mol. The van der Waals surface area contributed by atoms with Crippen molar-refractivity contribution in [3.63, 3.8) is 0 Å². The maximum atomic E-state index is 12.7. The third kappa shape index (κ3) is 4.89. The van der Waals surface area contributed by atoms with Crippen molar-refractivity contribution in [1.82, 2.24) is 5.32 Å². The number of hydrogen-bond acceptors (Lipinski definition) is 2. The molecule has 1 N–H and O–H groups in total. The average molecular weight is 412 g/mol. The number of nitrogens with one attached hydrogen (secondary N) is 1. The Hall–Kier alpha value is -1.72. The Kier molecular flexibility index (Phi) is 6.94. The van der Waals surface area contributed by atoms with Crippen molar-refractivity contribution in [1.29, 1.82) is 0 Å². The van der Waals surface area contributed by atoms with Gasteiger partial charge in [0.15, 0.2) is 0 Å². The van der Waals surface area contributed by atoms with Gasteiger partial charge in [0.1, 0.15) is 5.75 Å². The summed E-state index contributed by atoms with van der Waals surface area (Å²) < 4.78 is 6.19. The summed E-state index contributed by atoms with van der Waals surface area (Å²) in [5, 5.41) is 3.01. The molecule has 6 heteroatoms. The number of benzene rings is 2. The lowest BCUT2D eigenvalue weighted by atomic mass is 10.1. The lowest BCUT2D eigenvalue weighted by molar-refractivity contribution is 0.243. The van der Waals surface area contributed by atoms with Crippen LogP contribution in [0.25, 0.3) is 0 Å². The van der Waals surface area contributed by atoms with Gasteiger partial charge >= 0.3 is 6.03 Å². The maximum absolute atomic E-state index is 12.7. The Morgan fingerprint density at radius 1 is 1.29 bits per heavy atom. The largest absolute Gasteiger partial charge is 0.497 e. The molecule has 128 valence electrons. The van der Waals surface area contributed by atoms with Gasteiger partial charge in [-0.25, -0.2) is 4.79 Å². The molecular weight excluding hydrogens is 392 g/mol. The van der Waals surface area contributed by atoms with E-state index in [9.17, 15) is 4.79 Å². The molecule has 0 aliphatic carbocycles. The van der Waals surface area contributed by atoms with E-state index in [1.807, 2.05) is 55.5 Å². The van der Waals surface area contributed by atoms with Crippen molar-refractivity contribution in [2.45, 2.75) is 13.0 Å². The predicted molar refractivity (Wildman–Crippen MR) is 102 cm³/mol. The number of methoxy groups -OCH3 is 1. The molecule has 0 spiro atoms. The predicted octanol–water partition coefficient (Wildman–Crippen LogP) is 4.97. The molecule has 0 unspecified atom stereocenters. The van der Waals surface area contributed by atoms with Crippen LogP contribution in [0.4, 0.5) is 10.5 Å². The second-order valence-corrected chi connectivity index (χ2v) is 6.56. The topological polar surface area (TPSA) is 41.6 Å². The van der Waals surface area contributed by atoms with Crippen molar-refractivity contribution >= 4 is 39.2 Å². The normalized spacial score (nSPS) is 11.7. The van der Waals surface area contributed by atoms with E-state index in [1.165, 1.54) is 0 Å². The zero-order valence-corrected chi connectivity index (χ0v) is 16.0. The van der Waals surface area contributed by atoms with Crippen molar-refractivity contribution in [2.24, 2.45) is 0 Å². The summed E-state index contributed by atoms with van der Waals surface area (Å²) in [4.78, 5) is 14.3. The van der Waals surface area contributed by atoms with Crippen LogP contribution in [-0.4, -0.2) is 25.6 Å². The van der Waals surface area contributed by atoms with Gasteiger partial charge in [-0.1, -0.05) is 28.1 Å². The molecule has 1 atom stereocenters. The molecule has 0 aromatic heterocycles. The van der Waals surface area contributed by atoms with Crippen molar-refractivity contribution < 1.29 is 9.53 Å². The summed E-state index contributed by atoms with van der Waals surface area (Å²) >= 11 is 9.27. The van der Waals surface area contributed by atoms with E-state index in [0.29, 0.717) is 12.4 Å². The molecule has 0 radical (unpaired) electrons. The van der Waals surface area contributed by atoms with Crippen LogP contribution in [0.3, 0.4) is 0 Å². The van der Waals surface area contributed by atoms with Gasteiger partial charge in [0.2, 0.25) is 0 Å². The van der Waals surface area contributed by atoms with Crippen molar-refractivity contribution in [3.05, 3.63) is 58.6 Å². The highest BCUT2D eigenvalue weighted by molar-refractivity contribution is 9.10. The third-order valence-corrected chi connectivity index (χ3v) is 4.32. The number of rotatable bonds is 6. The first-order valence-electron chi connectivity index (χ1n) is 7.58. The van der Waals surface area contributed by atoms with Gasteiger partial charge in [0, 0.05) is 22.6 Å². The number of urea groups is 1. The molecule has 0 aliphatic rings. The van der Waals surface area contributed by atoms with E-state index in [4.69, 9.17) is 16.3 Å². The van der Waals surface area contributed by atoms with Gasteiger partial charge in [0.05, 0.1) is 13.2 Å². The number of amides is 2. The van der Waals surface area contributed by atoms with Gasteiger partial charge < -0.3 is 10.1 Å². The fourth-order valence-electron chi connectivity index (χ4n) is 2.31. The van der Waals surface area contributed by atoms with Gasteiger partial charge in [-0.05, 0) is 48.9 Å². The van der Waals surface area contributed by atoms with E-state index >= 15 is 0 Å². The standard InChI is InChI=1S/C18H20BrClN2O2/c1-13(14-4-3-5-17(12-14)24-2)21-18(23)22(11-10-20)16-8-6-15(19)7-9-16/h3-9,12-13H,10-11H2,1-2H3,(H,21,23)/t13-/m1/s1. The molecule has 2 amide bonds. The highest BCUT2D eigenvalue weighted by Gasteiger charge is 2.18. The number of hydrogen-bond donors (Lipinski definition) is 1. The minimum absolute atomic E-state index is 0.152. The van der Waals surface area contributed by atoms with Crippen molar-refractivity contribution in [3.8, 4) is 5.75 Å². The van der Waals surface area contributed by atoms with Gasteiger partial charge in [0.25, 0.3) is 0 Å². The minimum atomic E-state index is -0.187. The summed E-state index contributed by atoms with van der Waals surface area (Å²) in [6, 6.07) is 14.9. The molecule has 0 saturated carbocycles. The molecule has 2 aromatic carbocycles. The molecule has 4 nitrogen and oxygen atoms in total. The Labute approximate surface area is 155 Å². The highest BCUT2D eigenvalue weighted by Crippen LogP contribution is 2.21. The van der Waals surface area contributed by atoms with Crippen LogP contribution in [0.1, 0.15) is 18.5 Å². The van der Waals surface area contributed by atoms with Gasteiger partial charge in [-0.3, -0.25) is 4.90 Å². The first-order valence-corrected chi connectivity index (χ1v) is 8.91. The number of ether oxygens (including phenoxy) is 1. The Morgan fingerprint density at radius 3 is 2.62 bits per heavy atom. The average Bonchev–Trinajstić information content (AvgIpc) is 2.60. The van der Waals surface area contributed by atoms with Gasteiger partial charge in [-0.15, -0.1) is 11.6 Å². The van der Waals surface area contributed by atoms with E-state index in [2.05, 4.69) is 21.2 Å². The second kappa shape index (κ2) is 8.94. The molecule has 0 aliphatic heterocycles. The molecule has 0 bridgehead atoms. The fraction of sp³-hybridized carbons (Fsp3) is 0.278. The number of carbonyl (C=O) groups is 1. The highest BCUT2D eigenvalue weighted by atomic mass is 79.9. The molecule has 2 rings (SSSR count). The molecule has 0 heterocycles. The number of anilines is 1. The quantitative estimate of drug-likeness (QED) is 0.682. The van der Waals surface area contributed by atoms with Crippen LogP contribution < -0.4 is 15.0 Å². The maximum Gasteiger partial charge on any atom is 0.322 e. The summed E-state index contributed by atoms with van der Waals surface area (Å²) in [7, 11) is 1.62. The number of alkyl halides is 1.